The van der Waals surface area contributed by atoms with Gasteiger partial charge in [0.1, 0.15) is 0 Å². The fourth-order valence-corrected chi connectivity index (χ4v) is 13.5. The van der Waals surface area contributed by atoms with Gasteiger partial charge in [-0.1, -0.05) is 167 Å². The molecule has 0 atom stereocenters. The molecule has 7 aromatic rings. The van der Waals surface area contributed by atoms with E-state index in [0.717, 1.165) is 13.0 Å². The molecule has 3 aliphatic carbocycles. The minimum Gasteiger partial charge on any atom is -0.355 e. The maximum Gasteiger partial charge on any atom is 0.198 e. The average Bonchev–Trinajstić information content (AvgIpc) is 3.51. The molecule has 0 unspecified atom stereocenters. The van der Waals surface area contributed by atoms with E-state index in [1.165, 1.54) is 137 Å². The summed E-state index contributed by atoms with van der Waals surface area (Å²) < 4.78 is 0. The van der Waals surface area contributed by atoms with Gasteiger partial charge in [-0.15, -0.1) is 0 Å². The van der Waals surface area contributed by atoms with Crippen LogP contribution in [0.1, 0.15) is 153 Å². The molecule has 336 valence electrons. The molecular formula is C64H67BN2. The van der Waals surface area contributed by atoms with E-state index >= 15 is 0 Å². The van der Waals surface area contributed by atoms with Crippen molar-refractivity contribution in [3.05, 3.63) is 172 Å². The topological polar surface area (TPSA) is 15.3 Å². The molecule has 0 bridgehead atoms. The van der Waals surface area contributed by atoms with Gasteiger partial charge in [-0.05, 0) is 174 Å². The van der Waals surface area contributed by atoms with Crippen molar-refractivity contribution in [2.45, 2.75) is 141 Å². The van der Waals surface area contributed by atoms with Gasteiger partial charge in [0, 0.05) is 39.1 Å². The van der Waals surface area contributed by atoms with E-state index in [2.05, 4.69) is 221 Å². The lowest BCUT2D eigenvalue weighted by Gasteiger charge is -2.46. The van der Waals surface area contributed by atoms with Crippen LogP contribution in [-0.2, 0) is 32.5 Å². The van der Waals surface area contributed by atoms with Crippen LogP contribution in [0.5, 0.6) is 0 Å². The maximum atomic E-state index is 4.21. The van der Waals surface area contributed by atoms with E-state index in [-0.39, 0.29) is 32.5 Å². The van der Waals surface area contributed by atoms with Crippen LogP contribution in [0, 0.1) is 0 Å². The van der Waals surface area contributed by atoms with E-state index in [1.54, 1.807) is 0 Å². The number of rotatable bonds is 4. The van der Waals surface area contributed by atoms with E-state index in [1.807, 2.05) is 0 Å². The van der Waals surface area contributed by atoms with Gasteiger partial charge in [0.2, 0.25) is 0 Å². The second-order valence-corrected chi connectivity index (χ2v) is 24.8. The first-order valence-corrected chi connectivity index (χ1v) is 25.2. The van der Waals surface area contributed by atoms with Gasteiger partial charge in [0.15, 0.2) is 7.28 Å². The lowest BCUT2D eigenvalue weighted by molar-refractivity contribution is 0.331. The third-order valence-corrected chi connectivity index (χ3v) is 18.0. The van der Waals surface area contributed by atoms with Gasteiger partial charge >= 0.3 is 0 Å². The Morgan fingerprint density at radius 2 is 0.985 bits per heavy atom. The van der Waals surface area contributed by atoms with Crippen molar-refractivity contribution < 1.29 is 0 Å². The average molecular weight is 875 g/mol. The van der Waals surface area contributed by atoms with Crippen molar-refractivity contribution in [2.75, 3.05) is 10.2 Å². The Balaban J connectivity index is 1.15. The summed E-state index contributed by atoms with van der Waals surface area (Å²) in [6.45, 7) is 29.4. The number of para-hydroxylation sites is 2. The highest BCUT2D eigenvalue weighted by molar-refractivity contribution is 6.73. The number of fused-ring (bicyclic) bond motifs is 9. The Morgan fingerprint density at radius 3 is 1.70 bits per heavy atom. The molecule has 67 heavy (non-hydrogen) atoms. The van der Waals surface area contributed by atoms with E-state index in [4.69, 9.17) is 0 Å². The highest BCUT2D eigenvalue weighted by atomic mass is 15.2. The summed E-state index contributed by atoms with van der Waals surface area (Å²) in [5, 5.41) is 4.21. The normalized spacial score (nSPS) is 19.6. The molecule has 0 aromatic heterocycles. The maximum absolute atomic E-state index is 4.21. The van der Waals surface area contributed by atoms with Crippen molar-refractivity contribution in [3.63, 3.8) is 0 Å². The van der Waals surface area contributed by atoms with Crippen molar-refractivity contribution >= 4 is 46.6 Å². The van der Waals surface area contributed by atoms with Crippen LogP contribution in [-0.4, -0.2) is 7.28 Å². The smallest absolute Gasteiger partial charge is 0.198 e. The molecule has 0 radical (unpaired) electrons. The van der Waals surface area contributed by atoms with Crippen molar-refractivity contribution in [1.29, 1.82) is 0 Å². The predicted octanol–water partition coefficient (Wildman–Crippen LogP) is 15.6. The van der Waals surface area contributed by atoms with Gasteiger partial charge < -0.3 is 10.2 Å². The van der Waals surface area contributed by atoms with E-state index in [9.17, 15) is 0 Å². The predicted molar refractivity (Wildman–Crippen MR) is 288 cm³/mol. The Labute approximate surface area is 401 Å². The molecule has 1 N–H and O–H groups in total. The first kappa shape index (κ1) is 42.6. The second kappa shape index (κ2) is 13.9. The fraction of sp³-hybridized carbons (Fsp3) is 0.344. The highest BCUT2D eigenvalue weighted by Crippen LogP contribution is 2.58. The van der Waals surface area contributed by atoms with Gasteiger partial charge in [0.25, 0.3) is 0 Å². The van der Waals surface area contributed by atoms with Crippen molar-refractivity contribution in [3.8, 4) is 33.4 Å². The lowest BCUT2D eigenvalue weighted by Crippen LogP contribution is -2.45. The first-order valence-electron chi connectivity index (χ1n) is 25.2. The molecule has 0 fully saturated rings. The summed E-state index contributed by atoms with van der Waals surface area (Å²) in [5.74, 6) is 0. The number of nitrogens with zero attached hydrogens (tertiary/aromatic N) is 1. The van der Waals surface area contributed by atoms with Gasteiger partial charge in [-0.25, -0.2) is 0 Å². The highest BCUT2D eigenvalue weighted by Gasteiger charge is 2.45. The Hall–Kier alpha value is -5.80. The molecular weight excluding hydrogens is 808 g/mol. The van der Waals surface area contributed by atoms with Crippen LogP contribution < -0.4 is 21.1 Å². The molecule has 0 saturated carbocycles. The summed E-state index contributed by atoms with van der Waals surface area (Å²) >= 11 is 0. The Kier molecular flexibility index (Phi) is 8.83. The standard InChI is InChI=1S/C64H67BN2/c1-59(2)27-28-60(3,4)50-33-40(25-26-45(50)59)66-54-37-49-41(42-35-51-52(36-48(42)64(49,11)12)62(7,8)30-29-61(51,5)6)34-43(54)44-31-39(38-19-14-13-15-20-38)32-56-57(44)65-53-23-18-22-47-58(53)67(56)55-24-17-16-21-46(55)63(47,9)10/h13-26,31-37,65-66H,27-30H2,1-12H3. The summed E-state index contributed by atoms with van der Waals surface area (Å²) in [4.78, 5) is 2.63. The van der Waals surface area contributed by atoms with Gasteiger partial charge in [-0.3, -0.25) is 0 Å². The Bertz CT molecular complexity index is 3250. The molecule has 7 aromatic carbocycles. The van der Waals surface area contributed by atoms with Crippen LogP contribution in [0.15, 0.2) is 127 Å². The summed E-state index contributed by atoms with van der Waals surface area (Å²) in [5.41, 5.74) is 28.6. The van der Waals surface area contributed by atoms with Crippen LogP contribution in [0.25, 0.3) is 33.4 Å². The number of hydrogen-bond acceptors (Lipinski definition) is 2. The van der Waals surface area contributed by atoms with Gasteiger partial charge in [-0.2, -0.15) is 0 Å². The number of hydrogen-bond donors (Lipinski definition) is 1. The third kappa shape index (κ3) is 6.14. The van der Waals surface area contributed by atoms with Crippen molar-refractivity contribution in [1.82, 2.24) is 0 Å². The third-order valence-electron chi connectivity index (χ3n) is 18.0. The summed E-state index contributed by atoms with van der Waals surface area (Å²) in [6, 6.07) is 50.0. The van der Waals surface area contributed by atoms with Crippen LogP contribution in [0.3, 0.4) is 0 Å². The zero-order valence-corrected chi connectivity index (χ0v) is 42.1. The number of nitrogens with one attached hydrogen (secondary N) is 1. The monoisotopic (exact) mass is 875 g/mol. The molecule has 2 aliphatic heterocycles. The molecule has 12 rings (SSSR count). The molecule has 5 aliphatic rings. The molecule has 2 nitrogen and oxygen atoms in total. The zero-order chi connectivity index (χ0) is 46.8. The van der Waals surface area contributed by atoms with E-state index < -0.39 is 0 Å². The minimum absolute atomic E-state index is 0.0994. The molecule has 3 heteroatoms. The Morgan fingerprint density at radius 1 is 0.403 bits per heavy atom. The van der Waals surface area contributed by atoms with Gasteiger partial charge in [0.05, 0.1) is 5.69 Å². The largest absolute Gasteiger partial charge is 0.355 e. The number of benzene rings is 7. The summed E-state index contributed by atoms with van der Waals surface area (Å²) in [7, 11) is 0.856. The first-order chi connectivity index (χ1) is 31.7. The molecule has 0 amide bonds. The molecule has 2 heterocycles. The summed E-state index contributed by atoms with van der Waals surface area (Å²) in [6.07, 6.45) is 4.79. The number of anilines is 5. The van der Waals surface area contributed by atoms with E-state index in [0.29, 0.717) is 0 Å². The molecule has 0 spiro atoms. The second-order valence-electron chi connectivity index (χ2n) is 24.8. The van der Waals surface area contributed by atoms with Crippen LogP contribution >= 0.6 is 0 Å². The SMILES string of the molecule is CC1(C)CCC(C)(C)c2cc(Nc3cc4c(cc3-c3cc(-c5ccccc5)cc5c3Bc3cccc6c3N5c3ccccc3C6(C)C)-c3cc5c(cc3C4(C)C)C(C)(C)CCC5(C)C)ccc21. The molecule has 0 saturated heterocycles. The quantitative estimate of drug-likeness (QED) is 0.177. The van der Waals surface area contributed by atoms with Crippen LogP contribution in [0.2, 0.25) is 0 Å². The minimum atomic E-state index is -0.181. The van der Waals surface area contributed by atoms with Crippen LogP contribution in [0.4, 0.5) is 28.4 Å². The fourth-order valence-electron chi connectivity index (χ4n) is 13.5. The zero-order valence-electron chi connectivity index (χ0n) is 42.1. The van der Waals surface area contributed by atoms with Crippen molar-refractivity contribution in [2.24, 2.45) is 0 Å². The lowest BCUT2D eigenvalue weighted by atomic mass is 9.55.